The Kier molecular flexibility index (Phi) is 5.11. The number of carboxylic acid groups (broad SMARTS) is 1. The molecular formula is C19H17N3O2S. The molecule has 0 radical (unpaired) electrons. The van der Waals surface area contributed by atoms with Crippen molar-refractivity contribution in [2.75, 3.05) is 5.32 Å². The van der Waals surface area contributed by atoms with Gasteiger partial charge in [0.2, 0.25) is 0 Å². The summed E-state index contributed by atoms with van der Waals surface area (Å²) in [7, 11) is 0. The van der Waals surface area contributed by atoms with Crippen LogP contribution in [-0.4, -0.2) is 17.0 Å². The van der Waals surface area contributed by atoms with Crippen molar-refractivity contribution in [1.29, 1.82) is 5.41 Å². The summed E-state index contributed by atoms with van der Waals surface area (Å²) in [4.78, 5) is 12.3. The molecule has 2 aromatic carbocycles. The third kappa shape index (κ3) is 4.24. The Labute approximate surface area is 149 Å². The third-order valence-corrected chi connectivity index (χ3v) is 4.72. The van der Waals surface area contributed by atoms with Gasteiger partial charge in [-0.15, -0.1) is 11.3 Å². The fourth-order valence-electron chi connectivity index (χ4n) is 2.36. The molecule has 0 atom stereocenters. The molecule has 25 heavy (non-hydrogen) atoms. The van der Waals surface area contributed by atoms with Gasteiger partial charge in [-0.25, -0.2) is 4.79 Å². The first kappa shape index (κ1) is 16.7. The molecule has 0 amide bonds. The summed E-state index contributed by atoms with van der Waals surface area (Å²) in [6, 6.07) is 20.9. The van der Waals surface area contributed by atoms with E-state index in [0.29, 0.717) is 12.2 Å². The van der Waals surface area contributed by atoms with Gasteiger partial charge in [0.1, 0.15) is 4.88 Å². The molecule has 0 aliphatic rings. The van der Waals surface area contributed by atoms with Crippen LogP contribution in [0.3, 0.4) is 0 Å². The lowest BCUT2D eigenvalue weighted by atomic mass is 10.1. The predicted molar refractivity (Wildman–Crippen MR) is 101 cm³/mol. The zero-order valence-corrected chi connectivity index (χ0v) is 14.1. The number of anilines is 1. The highest BCUT2D eigenvalue weighted by atomic mass is 32.1. The predicted octanol–water partition coefficient (Wildman–Crippen LogP) is 4.25. The highest BCUT2D eigenvalue weighted by Crippen LogP contribution is 2.36. The molecule has 1 heterocycles. The van der Waals surface area contributed by atoms with Crippen LogP contribution in [0.5, 0.6) is 0 Å². The minimum atomic E-state index is -0.973. The van der Waals surface area contributed by atoms with Crippen molar-refractivity contribution in [3.8, 4) is 10.4 Å². The number of nitrogens with one attached hydrogen (secondary N) is 3. The molecule has 0 bridgehead atoms. The quantitative estimate of drug-likeness (QED) is 0.409. The Morgan fingerprint density at radius 1 is 1.04 bits per heavy atom. The second-order valence-electron chi connectivity index (χ2n) is 5.36. The smallest absolute Gasteiger partial charge is 0.345 e. The minimum Gasteiger partial charge on any atom is -0.477 e. The van der Waals surface area contributed by atoms with E-state index in [9.17, 15) is 9.90 Å². The van der Waals surface area contributed by atoms with E-state index in [0.717, 1.165) is 16.0 Å². The fourth-order valence-corrected chi connectivity index (χ4v) is 3.32. The van der Waals surface area contributed by atoms with Crippen molar-refractivity contribution in [3.63, 3.8) is 0 Å². The number of rotatable bonds is 5. The zero-order chi connectivity index (χ0) is 17.6. The first-order valence-electron chi connectivity index (χ1n) is 7.69. The Morgan fingerprint density at radius 3 is 2.32 bits per heavy atom. The van der Waals surface area contributed by atoms with Crippen LogP contribution >= 0.6 is 11.3 Å². The van der Waals surface area contributed by atoms with Gasteiger partial charge in [-0.05, 0) is 17.2 Å². The summed E-state index contributed by atoms with van der Waals surface area (Å²) in [5.74, 6) is -0.852. The van der Waals surface area contributed by atoms with Gasteiger partial charge in [-0.1, -0.05) is 60.7 Å². The normalized spacial score (nSPS) is 10.2. The Hall–Kier alpha value is -3.12. The zero-order valence-electron chi connectivity index (χ0n) is 13.3. The van der Waals surface area contributed by atoms with E-state index < -0.39 is 5.97 Å². The second kappa shape index (κ2) is 7.63. The summed E-state index contributed by atoms with van der Waals surface area (Å²) in [5.41, 5.74) is 2.59. The Morgan fingerprint density at radius 2 is 1.68 bits per heavy atom. The van der Waals surface area contributed by atoms with Crippen molar-refractivity contribution in [3.05, 3.63) is 77.2 Å². The Bertz CT molecular complexity index is 876. The molecule has 126 valence electrons. The van der Waals surface area contributed by atoms with Crippen LogP contribution in [0.25, 0.3) is 10.4 Å². The Balaban J connectivity index is 1.77. The number of carboxylic acids is 1. The van der Waals surface area contributed by atoms with Crippen molar-refractivity contribution < 1.29 is 9.90 Å². The standard InChI is InChI=1S/C19H17N3O2S/c20-19(21-12-13-7-3-1-4-8-13)22-15-11-16(18(23)24)25-17(15)14-9-5-2-6-10-14/h1-11H,12H2,(H,23,24)(H3,20,21,22). The van der Waals surface area contributed by atoms with E-state index in [1.807, 2.05) is 60.7 Å². The van der Waals surface area contributed by atoms with E-state index in [2.05, 4.69) is 10.6 Å². The summed E-state index contributed by atoms with van der Waals surface area (Å²) >= 11 is 1.19. The lowest BCUT2D eigenvalue weighted by molar-refractivity contribution is 0.0702. The number of aromatic carboxylic acids is 1. The third-order valence-electron chi connectivity index (χ3n) is 3.55. The van der Waals surface area contributed by atoms with Crippen molar-refractivity contribution in [1.82, 2.24) is 5.32 Å². The molecule has 1 aromatic heterocycles. The number of carbonyl (C=O) groups is 1. The van der Waals surface area contributed by atoms with Crippen molar-refractivity contribution in [2.45, 2.75) is 6.54 Å². The van der Waals surface area contributed by atoms with E-state index in [4.69, 9.17) is 5.41 Å². The molecule has 0 saturated carbocycles. The molecule has 0 spiro atoms. The van der Waals surface area contributed by atoms with E-state index in [-0.39, 0.29) is 10.8 Å². The van der Waals surface area contributed by atoms with Crippen molar-refractivity contribution >= 4 is 29.0 Å². The van der Waals surface area contributed by atoms with Gasteiger partial charge in [0.25, 0.3) is 0 Å². The number of benzene rings is 2. The topological polar surface area (TPSA) is 85.2 Å². The molecule has 0 aliphatic heterocycles. The van der Waals surface area contributed by atoms with Gasteiger partial charge < -0.3 is 15.7 Å². The van der Waals surface area contributed by atoms with Crippen LogP contribution in [-0.2, 0) is 6.54 Å². The van der Waals surface area contributed by atoms with Crippen LogP contribution in [0.2, 0.25) is 0 Å². The molecule has 0 saturated heterocycles. The summed E-state index contributed by atoms with van der Waals surface area (Å²) in [5, 5.41) is 23.3. The molecule has 0 aliphatic carbocycles. The van der Waals surface area contributed by atoms with Crippen LogP contribution < -0.4 is 10.6 Å². The number of guanidine groups is 1. The minimum absolute atomic E-state index is 0.121. The number of thiophene rings is 1. The molecule has 0 fully saturated rings. The molecule has 3 aromatic rings. The molecule has 3 rings (SSSR count). The van der Waals surface area contributed by atoms with Gasteiger partial charge >= 0.3 is 5.97 Å². The maximum Gasteiger partial charge on any atom is 0.345 e. The average Bonchev–Trinajstić information content (AvgIpc) is 3.06. The first-order chi connectivity index (χ1) is 12.1. The maximum absolute atomic E-state index is 11.3. The molecular weight excluding hydrogens is 334 g/mol. The largest absolute Gasteiger partial charge is 0.477 e. The molecule has 0 unspecified atom stereocenters. The van der Waals surface area contributed by atoms with E-state index >= 15 is 0 Å². The second-order valence-corrected chi connectivity index (χ2v) is 6.42. The van der Waals surface area contributed by atoms with Crippen LogP contribution in [0.15, 0.2) is 66.7 Å². The SMILES string of the molecule is N=C(NCc1ccccc1)Nc1cc(C(=O)O)sc1-c1ccccc1. The van der Waals surface area contributed by atoms with Crippen molar-refractivity contribution in [2.24, 2.45) is 0 Å². The molecule has 5 nitrogen and oxygen atoms in total. The van der Waals surface area contributed by atoms with Gasteiger partial charge in [-0.3, -0.25) is 5.41 Å². The van der Waals surface area contributed by atoms with Crippen LogP contribution in [0.4, 0.5) is 5.69 Å². The lowest BCUT2D eigenvalue weighted by Gasteiger charge is -2.11. The molecule has 4 N–H and O–H groups in total. The van der Waals surface area contributed by atoms with Crippen LogP contribution in [0.1, 0.15) is 15.2 Å². The summed E-state index contributed by atoms with van der Waals surface area (Å²) in [6.45, 7) is 0.517. The van der Waals surface area contributed by atoms with Gasteiger partial charge in [0, 0.05) is 6.54 Å². The first-order valence-corrected chi connectivity index (χ1v) is 8.51. The van der Waals surface area contributed by atoms with Gasteiger partial charge in [0.15, 0.2) is 5.96 Å². The van der Waals surface area contributed by atoms with Crippen LogP contribution in [0, 0.1) is 5.41 Å². The van der Waals surface area contributed by atoms with Gasteiger partial charge in [0.05, 0.1) is 10.6 Å². The fraction of sp³-hybridized carbons (Fsp3) is 0.0526. The number of hydrogen-bond acceptors (Lipinski definition) is 3. The number of hydrogen-bond donors (Lipinski definition) is 4. The molecule has 6 heteroatoms. The summed E-state index contributed by atoms with van der Waals surface area (Å²) in [6.07, 6.45) is 0. The van der Waals surface area contributed by atoms with E-state index in [1.165, 1.54) is 11.3 Å². The summed E-state index contributed by atoms with van der Waals surface area (Å²) < 4.78 is 0. The highest BCUT2D eigenvalue weighted by molar-refractivity contribution is 7.18. The highest BCUT2D eigenvalue weighted by Gasteiger charge is 2.16. The van der Waals surface area contributed by atoms with Gasteiger partial charge in [-0.2, -0.15) is 0 Å². The monoisotopic (exact) mass is 351 g/mol. The lowest BCUT2D eigenvalue weighted by Crippen LogP contribution is -2.29. The average molecular weight is 351 g/mol. The maximum atomic E-state index is 11.3. The van der Waals surface area contributed by atoms with E-state index in [1.54, 1.807) is 6.07 Å².